The average Bonchev–Trinajstić information content (AvgIpc) is 2.69. The largest absolute Gasteiger partial charge is 0.493 e. The summed E-state index contributed by atoms with van der Waals surface area (Å²) >= 11 is 0. The molecule has 0 radical (unpaired) electrons. The zero-order valence-corrected chi connectivity index (χ0v) is 16.3. The third kappa shape index (κ3) is 5.97. The van der Waals surface area contributed by atoms with Gasteiger partial charge in [-0.3, -0.25) is 9.59 Å². The summed E-state index contributed by atoms with van der Waals surface area (Å²) in [6.45, 7) is 2.50. The Bertz CT molecular complexity index is 809. The number of carbonyl (C=O) groups excluding carboxylic acids is 2. The van der Waals surface area contributed by atoms with Crippen LogP contribution in [0.4, 0.5) is 10.1 Å². The molecule has 0 unspecified atom stereocenters. The van der Waals surface area contributed by atoms with E-state index >= 15 is 0 Å². The Balaban J connectivity index is 1.99. The van der Waals surface area contributed by atoms with Crippen molar-refractivity contribution >= 4 is 17.5 Å². The molecule has 2 aromatic carbocycles. The Kier molecular flexibility index (Phi) is 7.80. The van der Waals surface area contributed by atoms with Gasteiger partial charge in [-0.2, -0.15) is 0 Å². The van der Waals surface area contributed by atoms with Crippen molar-refractivity contribution < 1.29 is 23.5 Å². The van der Waals surface area contributed by atoms with Crippen molar-refractivity contribution in [1.82, 2.24) is 4.90 Å². The zero-order valence-electron chi connectivity index (χ0n) is 16.3. The van der Waals surface area contributed by atoms with Gasteiger partial charge in [-0.05, 0) is 48.9 Å². The van der Waals surface area contributed by atoms with Gasteiger partial charge in [-0.1, -0.05) is 13.3 Å². The molecule has 0 atom stereocenters. The summed E-state index contributed by atoms with van der Waals surface area (Å²) in [7, 11) is 3.04. The van der Waals surface area contributed by atoms with Crippen LogP contribution in [0.3, 0.4) is 0 Å². The molecule has 0 aliphatic carbocycles. The summed E-state index contributed by atoms with van der Waals surface area (Å²) < 4.78 is 23.9. The van der Waals surface area contributed by atoms with Gasteiger partial charge in [0, 0.05) is 18.3 Å². The molecule has 28 heavy (non-hydrogen) atoms. The van der Waals surface area contributed by atoms with E-state index in [0.717, 1.165) is 12.8 Å². The van der Waals surface area contributed by atoms with Gasteiger partial charge in [0.25, 0.3) is 5.91 Å². The average molecular weight is 388 g/mol. The second-order valence-electron chi connectivity index (χ2n) is 6.28. The second-order valence-corrected chi connectivity index (χ2v) is 6.28. The van der Waals surface area contributed by atoms with Crippen LogP contribution in [0.15, 0.2) is 42.5 Å². The van der Waals surface area contributed by atoms with Crippen LogP contribution in [0.2, 0.25) is 0 Å². The molecule has 7 heteroatoms. The minimum absolute atomic E-state index is 0.146. The SMILES string of the molecule is CCCCOc1ccc(C(=O)N(C)CC(=O)Nc2ccc(F)cc2)cc1OC. The molecule has 0 bridgehead atoms. The van der Waals surface area contributed by atoms with Gasteiger partial charge in [0.2, 0.25) is 5.91 Å². The molecule has 2 amide bonds. The van der Waals surface area contributed by atoms with Crippen LogP contribution in [-0.2, 0) is 4.79 Å². The number of methoxy groups -OCH3 is 1. The van der Waals surface area contributed by atoms with Crippen LogP contribution < -0.4 is 14.8 Å². The molecule has 2 rings (SSSR count). The molecule has 0 heterocycles. The monoisotopic (exact) mass is 388 g/mol. The summed E-state index contributed by atoms with van der Waals surface area (Å²) in [5, 5.41) is 2.62. The number of ether oxygens (including phenoxy) is 2. The van der Waals surface area contributed by atoms with Crippen molar-refractivity contribution in [2.75, 3.05) is 32.6 Å². The third-order valence-corrected chi connectivity index (χ3v) is 4.02. The first-order chi connectivity index (χ1) is 13.4. The van der Waals surface area contributed by atoms with E-state index in [4.69, 9.17) is 9.47 Å². The standard InChI is InChI=1S/C21H25FN2O4/c1-4-5-12-28-18-11-6-15(13-19(18)27-3)21(26)24(2)14-20(25)23-17-9-7-16(22)8-10-17/h6-11,13H,4-5,12,14H2,1-3H3,(H,23,25). The maximum Gasteiger partial charge on any atom is 0.254 e. The Hall–Kier alpha value is -3.09. The van der Waals surface area contributed by atoms with E-state index in [9.17, 15) is 14.0 Å². The van der Waals surface area contributed by atoms with Crippen molar-refractivity contribution in [1.29, 1.82) is 0 Å². The molecule has 150 valence electrons. The summed E-state index contributed by atoms with van der Waals surface area (Å²) in [5.74, 6) is -0.0571. The van der Waals surface area contributed by atoms with Crippen molar-refractivity contribution in [3.8, 4) is 11.5 Å². The lowest BCUT2D eigenvalue weighted by atomic mass is 10.1. The zero-order chi connectivity index (χ0) is 20.5. The topological polar surface area (TPSA) is 67.9 Å². The van der Waals surface area contributed by atoms with Crippen LogP contribution in [0.5, 0.6) is 11.5 Å². The Morgan fingerprint density at radius 1 is 1.11 bits per heavy atom. The number of amides is 2. The molecule has 0 aromatic heterocycles. The van der Waals surface area contributed by atoms with E-state index in [1.54, 1.807) is 18.2 Å². The number of unbranched alkanes of at least 4 members (excludes halogenated alkanes) is 1. The molecule has 0 saturated carbocycles. The molecule has 0 spiro atoms. The first-order valence-electron chi connectivity index (χ1n) is 9.06. The Labute approximate surface area is 164 Å². The van der Waals surface area contributed by atoms with Crippen LogP contribution in [0.25, 0.3) is 0 Å². The molecular weight excluding hydrogens is 363 g/mol. The van der Waals surface area contributed by atoms with Crippen molar-refractivity contribution in [3.05, 3.63) is 53.8 Å². The molecule has 1 N–H and O–H groups in total. The normalized spacial score (nSPS) is 10.3. The van der Waals surface area contributed by atoms with E-state index < -0.39 is 0 Å². The van der Waals surface area contributed by atoms with Crippen LogP contribution in [-0.4, -0.2) is 44.0 Å². The van der Waals surface area contributed by atoms with Gasteiger partial charge in [0.05, 0.1) is 20.3 Å². The number of anilines is 1. The van der Waals surface area contributed by atoms with Gasteiger partial charge >= 0.3 is 0 Å². The highest BCUT2D eigenvalue weighted by Gasteiger charge is 2.17. The lowest BCUT2D eigenvalue weighted by Crippen LogP contribution is -2.34. The number of benzene rings is 2. The van der Waals surface area contributed by atoms with Gasteiger partial charge in [-0.25, -0.2) is 4.39 Å². The number of rotatable bonds is 9. The van der Waals surface area contributed by atoms with Crippen molar-refractivity contribution in [2.24, 2.45) is 0 Å². The van der Waals surface area contributed by atoms with Crippen LogP contribution in [0, 0.1) is 5.82 Å². The number of nitrogens with one attached hydrogen (secondary N) is 1. The highest BCUT2D eigenvalue weighted by atomic mass is 19.1. The third-order valence-electron chi connectivity index (χ3n) is 4.02. The predicted molar refractivity (Wildman–Crippen MR) is 105 cm³/mol. The Morgan fingerprint density at radius 3 is 2.46 bits per heavy atom. The smallest absolute Gasteiger partial charge is 0.254 e. The first-order valence-corrected chi connectivity index (χ1v) is 9.06. The van der Waals surface area contributed by atoms with Crippen molar-refractivity contribution in [2.45, 2.75) is 19.8 Å². The number of carbonyl (C=O) groups is 2. The predicted octanol–water partition coefficient (Wildman–Crippen LogP) is 3.72. The minimum Gasteiger partial charge on any atom is -0.493 e. The molecule has 0 aliphatic heterocycles. The fraction of sp³-hybridized carbons (Fsp3) is 0.333. The highest BCUT2D eigenvalue weighted by Crippen LogP contribution is 2.28. The number of hydrogen-bond acceptors (Lipinski definition) is 4. The van der Waals surface area contributed by atoms with Crippen LogP contribution in [0.1, 0.15) is 30.1 Å². The van der Waals surface area contributed by atoms with Gasteiger partial charge < -0.3 is 19.7 Å². The fourth-order valence-electron chi connectivity index (χ4n) is 2.49. The Morgan fingerprint density at radius 2 is 1.82 bits per heavy atom. The quantitative estimate of drug-likeness (QED) is 0.665. The highest BCUT2D eigenvalue weighted by molar-refractivity contribution is 5.99. The minimum atomic E-state index is -0.388. The lowest BCUT2D eigenvalue weighted by Gasteiger charge is -2.18. The summed E-state index contributed by atoms with van der Waals surface area (Å²) in [6, 6.07) is 10.3. The summed E-state index contributed by atoms with van der Waals surface area (Å²) in [4.78, 5) is 26.0. The molecule has 2 aromatic rings. The first kappa shape index (κ1) is 21.2. The second kappa shape index (κ2) is 10.3. The maximum atomic E-state index is 12.9. The van der Waals surface area contributed by atoms with E-state index in [0.29, 0.717) is 29.4 Å². The van der Waals surface area contributed by atoms with Gasteiger partial charge in [-0.15, -0.1) is 0 Å². The summed E-state index contributed by atoms with van der Waals surface area (Å²) in [6.07, 6.45) is 1.94. The lowest BCUT2D eigenvalue weighted by molar-refractivity contribution is -0.116. The van der Waals surface area contributed by atoms with Gasteiger partial charge in [0.15, 0.2) is 11.5 Å². The van der Waals surface area contributed by atoms with E-state index in [-0.39, 0.29) is 24.2 Å². The summed E-state index contributed by atoms with van der Waals surface area (Å²) in [5.41, 5.74) is 0.847. The number of hydrogen-bond donors (Lipinski definition) is 1. The van der Waals surface area contributed by atoms with Gasteiger partial charge in [0.1, 0.15) is 5.82 Å². The molecule has 6 nitrogen and oxygen atoms in total. The maximum absolute atomic E-state index is 12.9. The van der Waals surface area contributed by atoms with E-state index in [2.05, 4.69) is 12.2 Å². The van der Waals surface area contributed by atoms with E-state index in [1.807, 2.05) is 0 Å². The van der Waals surface area contributed by atoms with Crippen molar-refractivity contribution in [3.63, 3.8) is 0 Å². The number of halogens is 1. The fourth-order valence-corrected chi connectivity index (χ4v) is 2.49. The molecule has 0 aliphatic rings. The number of nitrogens with zero attached hydrogens (tertiary/aromatic N) is 1. The molecular formula is C21H25FN2O4. The van der Waals surface area contributed by atoms with Crippen LogP contribution >= 0.6 is 0 Å². The molecule has 0 fully saturated rings. The number of likely N-dealkylation sites (N-methyl/N-ethyl adjacent to an activating group) is 1. The molecule has 0 saturated heterocycles. The van der Waals surface area contributed by atoms with E-state index in [1.165, 1.54) is 43.3 Å².